The van der Waals surface area contributed by atoms with Crippen LogP contribution < -0.4 is 5.84 Å². The van der Waals surface area contributed by atoms with Crippen LogP contribution in [0.2, 0.25) is 0 Å². The Balaban J connectivity index is 1.61. The maximum atomic E-state index is 12.2. The largest absolute Gasteiger partial charge is 0.467 e. The first-order chi connectivity index (χ1) is 11.6. The minimum absolute atomic E-state index is 0.0567. The third-order valence-electron chi connectivity index (χ3n) is 3.28. The summed E-state index contributed by atoms with van der Waals surface area (Å²) in [6.45, 7) is 0.418. The van der Waals surface area contributed by atoms with Crippen molar-refractivity contribution in [1.29, 1.82) is 0 Å². The molecule has 0 aromatic carbocycles. The minimum Gasteiger partial charge on any atom is -0.467 e. The van der Waals surface area contributed by atoms with Gasteiger partial charge in [-0.3, -0.25) is 9.78 Å². The van der Waals surface area contributed by atoms with E-state index in [4.69, 9.17) is 10.3 Å². The zero-order valence-corrected chi connectivity index (χ0v) is 13.8. The lowest BCUT2D eigenvalue weighted by Crippen LogP contribution is -2.27. The fourth-order valence-corrected chi connectivity index (χ4v) is 2.80. The number of hydrogen-bond acceptors (Lipinski definition) is 7. The Hall–Kier alpha value is -2.81. The summed E-state index contributed by atoms with van der Waals surface area (Å²) in [7, 11) is 1.72. The number of amides is 1. The van der Waals surface area contributed by atoms with Crippen LogP contribution in [0.1, 0.15) is 5.76 Å². The third-order valence-corrected chi connectivity index (χ3v) is 4.21. The molecule has 0 aliphatic heterocycles. The van der Waals surface area contributed by atoms with Gasteiger partial charge in [-0.25, -0.2) is 4.68 Å². The van der Waals surface area contributed by atoms with E-state index in [0.29, 0.717) is 23.2 Å². The zero-order valence-electron chi connectivity index (χ0n) is 13.0. The van der Waals surface area contributed by atoms with Crippen LogP contribution in [0.3, 0.4) is 0 Å². The van der Waals surface area contributed by atoms with Gasteiger partial charge in [-0.05, 0) is 24.3 Å². The van der Waals surface area contributed by atoms with E-state index in [-0.39, 0.29) is 11.7 Å². The van der Waals surface area contributed by atoms with E-state index in [1.54, 1.807) is 36.5 Å². The van der Waals surface area contributed by atoms with Gasteiger partial charge in [0.05, 0.1) is 18.6 Å². The SMILES string of the molecule is CN(Cc1ccco1)C(=O)CSc1nnc(-c2ccccn2)n1N. The summed E-state index contributed by atoms with van der Waals surface area (Å²) in [5.41, 5.74) is 0.626. The summed E-state index contributed by atoms with van der Waals surface area (Å²) >= 11 is 1.23. The number of nitrogens with two attached hydrogens (primary N) is 1. The highest BCUT2D eigenvalue weighted by molar-refractivity contribution is 7.99. The van der Waals surface area contributed by atoms with Crippen molar-refractivity contribution < 1.29 is 9.21 Å². The highest BCUT2D eigenvalue weighted by atomic mass is 32.2. The molecule has 0 bridgehead atoms. The van der Waals surface area contributed by atoms with Gasteiger partial charge in [0.25, 0.3) is 0 Å². The normalized spacial score (nSPS) is 10.7. The number of thioether (sulfide) groups is 1. The zero-order chi connectivity index (χ0) is 16.9. The Morgan fingerprint density at radius 1 is 1.33 bits per heavy atom. The van der Waals surface area contributed by atoms with Crippen LogP contribution in [0.15, 0.2) is 52.4 Å². The summed E-state index contributed by atoms with van der Waals surface area (Å²) in [4.78, 5) is 18.0. The van der Waals surface area contributed by atoms with Crippen molar-refractivity contribution in [3.05, 3.63) is 48.6 Å². The van der Waals surface area contributed by atoms with Crippen LogP contribution in [0.5, 0.6) is 0 Å². The molecule has 124 valence electrons. The van der Waals surface area contributed by atoms with E-state index in [9.17, 15) is 4.79 Å². The van der Waals surface area contributed by atoms with Gasteiger partial charge in [-0.2, -0.15) is 0 Å². The highest BCUT2D eigenvalue weighted by Gasteiger charge is 2.16. The second-order valence-electron chi connectivity index (χ2n) is 5.01. The summed E-state index contributed by atoms with van der Waals surface area (Å²) in [5.74, 6) is 7.33. The van der Waals surface area contributed by atoms with Gasteiger partial charge in [-0.15, -0.1) is 10.2 Å². The molecule has 0 spiro atoms. The molecule has 3 rings (SSSR count). The van der Waals surface area contributed by atoms with Crippen molar-refractivity contribution in [3.63, 3.8) is 0 Å². The van der Waals surface area contributed by atoms with Gasteiger partial charge in [0, 0.05) is 13.2 Å². The number of hydrogen-bond donors (Lipinski definition) is 1. The van der Waals surface area contributed by atoms with Crippen LogP contribution in [-0.4, -0.2) is 43.5 Å². The molecule has 3 heterocycles. The summed E-state index contributed by atoms with van der Waals surface area (Å²) in [6.07, 6.45) is 3.24. The van der Waals surface area contributed by atoms with Crippen molar-refractivity contribution in [1.82, 2.24) is 24.8 Å². The maximum Gasteiger partial charge on any atom is 0.233 e. The van der Waals surface area contributed by atoms with Crippen LogP contribution in [0, 0.1) is 0 Å². The Bertz CT molecular complexity index is 803. The second kappa shape index (κ2) is 7.18. The average molecular weight is 344 g/mol. The lowest BCUT2D eigenvalue weighted by Gasteiger charge is -2.15. The number of aromatic nitrogens is 4. The molecule has 3 aromatic heterocycles. The van der Waals surface area contributed by atoms with Gasteiger partial charge in [-0.1, -0.05) is 17.8 Å². The van der Waals surface area contributed by atoms with E-state index < -0.39 is 0 Å². The lowest BCUT2D eigenvalue weighted by molar-refractivity contribution is -0.127. The third kappa shape index (κ3) is 3.57. The van der Waals surface area contributed by atoms with Crippen molar-refractivity contribution in [2.24, 2.45) is 0 Å². The molecular weight excluding hydrogens is 328 g/mol. The summed E-state index contributed by atoms with van der Waals surface area (Å²) < 4.78 is 6.57. The Kier molecular flexibility index (Phi) is 4.80. The Morgan fingerprint density at radius 2 is 2.21 bits per heavy atom. The van der Waals surface area contributed by atoms with Crippen molar-refractivity contribution >= 4 is 17.7 Å². The first-order valence-electron chi connectivity index (χ1n) is 7.16. The predicted molar refractivity (Wildman–Crippen MR) is 89.3 cm³/mol. The molecule has 0 saturated carbocycles. The molecule has 0 unspecified atom stereocenters. The quantitative estimate of drug-likeness (QED) is 0.532. The fraction of sp³-hybridized carbons (Fsp3) is 0.200. The van der Waals surface area contributed by atoms with Gasteiger partial charge in [0.15, 0.2) is 0 Å². The van der Waals surface area contributed by atoms with Crippen molar-refractivity contribution in [2.45, 2.75) is 11.7 Å². The smallest absolute Gasteiger partial charge is 0.233 e. The van der Waals surface area contributed by atoms with E-state index in [0.717, 1.165) is 5.76 Å². The summed E-state index contributed by atoms with van der Waals surface area (Å²) in [5, 5.41) is 8.51. The molecule has 0 radical (unpaired) electrons. The molecule has 0 atom stereocenters. The molecule has 9 heteroatoms. The molecule has 0 aliphatic rings. The van der Waals surface area contributed by atoms with Crippen LogP contribution >= 0.6 is 11.8 Å². The van der Waals surface area contributed by atoms with Gasteiger partial charge in [0.1, 0.15) is 11.5 Å². The summed E-state index contributed by atoms with van der Waals surface area (Å²) in [6, 6.07) is 9.07. The molecule has 0 saturated heterocycles. The Morgan fingerprint density at radius 3 is 2.92 bits per heavy atom. The van der Waals surface area contributed by atoms with Crippen molar-refractivity contribution in [3.8, 4) is 11.5 Å². The topological polar surface area (TPSA) is 103 Å². The number of rotatable bonds is 6. The van der Waals surface area contributed by atoms with E-state index in [2.05, 4.69) is 15.2 Å². The number of nitrogen functional groups attached to an aromatic ring is 1. The van der Waals surface area contributed by atoms with Gasteiger partial charge in [0.2, 0.25) is 16.9 Å². The predicted octanol–water partition coefficient (Wildman–Crippen LogP) is 1.40. The second-order valence-corrected chi connectivity index (χ2v) is 5.95. The van der Waals surface area contributed by atoms with Crippen LogP contribution in [-0.2, 0) is 11.3 Å². The van der Waals surface area contributed by atoms with Gasteiger partial charge < -0.3 is 15.2 Å². The van der Waals surface area contributed by atoms with Gasteiger partial charge >= 0.3 is 0 Å². The first-order valence-corrected chi connectivity index (χ1v) is 8.14. The number of pyridine rings is 1. The maximum absolute atomic E-state index is 12.2. The number of furan rings is 1. The van der Waals surface area contributed by atoms with Crippen LogP contribution in [0.25, 0.3) is 11.5 Å². The molecule has 24 heavy (non-hydrogen) atoms. The first kappa shape index (κ1) is 16.1. The number of carbonyl (C=O) groups is 1. The standard InChI is InChI=1S/C15H16N6O2S/c1-20(9-11-5-4-8-23-11)13(22)10-24-15-19-18-14(21(15)16)12-6-2-3-7-17-12/h2-8H,9-10,16H2,1H3. The molecule has 2 N–H and O–H groups in total. The van der Waals surface area contributed by atoms with E-state index >= 15 is 0 Å². The molecule has 1 amide bonds. The Labute approximate surface area is 142 Å². The molecule has 8 nitrogen and oxygen atoms in total. The van der Waals surface area contributed by atoms with Crippen molar-refractivity contribution in [2.75, 3.05) is 18.6 Å². The molecule has 0 aliphatic carbocycles. The molecule has 0 fully saturated rings. The van der Waals surface area contributed by atoms with E-state index in [1.807, 2.05) is 18.2 Å². The average Bonchev–Trinajstić information content (AvgIpc) is 3.23. The fourth-order valence-electron chi connectivity index (χ4n) is 2.01. The minimum atomic E-state index is -0.0567. The monoisotopic (exact) mass is 344 g/mol. The van der Waals surface area contributed by atoms with E-state index in [1.165, 1.54) is 16.4 Å². The number of nitrogens with zero attached hydrogens (tertiary/aromatic N) is 5. The highest BCUT2D eigenvalue weighted by Crippen LogP contribution is 2.20. The van der Waals surface area contributed by atoms with Crippen LogP contribution in [0.4, 0.5) is 0 Å². The molecular formula is C15H16N6O2S. The molecule has 3 aromatic rings. The number of carbonyl (C=O) groups excluding carboxylic acids is 1. The lowest BCUT2D eigenvalue weighted by atomic mass is 10.3.